The van der Waals surface area contributed by atoms with Crippen LogP contribution in [0.15, 0.2) is 54.6 Å². The fourth-order valence-electron chi connectivity index (χ4n) is 2.86. The molecule has 162 valence electrons. The van der Waals surface area contributed by atoms with Crippen LogP contribution in [0, 0.1) is 0 Å². The van der Waals surface area contributed by atoms with Gasteiger partial charge in [-0.3, -0.25) is 9.59 Å². The average Bonchev–Trinajstić information content (AvgIpc) is 2.71. The van der Waals surface area contributed by atoms with Gasteiger partial charge in [-0.25, -0.2) is 0 Å². The largest absolute Gasteiger partial charge is 1.00 e. The summed E-state index contributed by atoms with van der Waals surface area (Å²) in [6.45, 7) is -1.55. The molecule has 2 aromatic rings. The first-order chi connectivity index (χ1) is 14.2. The van der Waals surface area contributed by atoms with Crippen LogP contribution in [0.4, 0.5) is 13.2 Å². The molecule has 5 nitrogen and oxygen atoms in total. The quantitative estimate of drug-likeness (QED) is 0.410. The first-order valence-corrected chi connectivity index (χ1v) is 9.48. The number of carbonyl (C=O) groups is 2. The van der Waals surface area contributed by atoms with Gasteiger partial charge in [-0.1, -0.05) is 61.0 Å². The van der Waals surface area contributed by atoms with E-state index in [1.54, 1.807) is 0 Å². The Kier molecular flexibility index (Phi) is 12.6. The molecule has 0 bridgehead atoms. The van der Waals surface area contributed by atoms with Crippen molar-refractivity contribution >= 4 is 11.9 Å². The third kappa shape index (κ3) is 11.8. The van der Waals surface area contributed by atoms with Gasteiger partial charge in [-0.15, -0.1) is 12.6 Å². The Morgan fingerprint density at radius 2 is 1.58 bits per heavy atom. The van der Waals surface area contributed by atoms with Gasteiger partial charge in [0, 0.05) is 12.8 Å². The van der Waals surface area contributed by atoms with E-state index in [1.807, 2.05) is 54.6 Å². The molecule has 0 fully saturated rings. The van der Waals surface area contributed by atoms with Crippen molar-refractivity contribution in [2.24, 2.45) is 0 Å². The number of carboxylic acids is 1. The molecule has 1 N–H and O–H groups in total. The molecule has 0 aliphatic carbocycles. The fourth-order valence-corrected chi connectivity index (χ4v) is 2.86. The van der Waals surface area contributed by atoms with Crippen molar-refractivity contribution < 1.29 is 84.0 Å². The normalized spacial score (nSPS) is 12.0. The first kappa shape index (κ1) is 27.8. The summed E-state index contributed by atoms with van der Waals surface area (Å²) in [5.74, 6) is -1.94. The summed E-state index contributed by atoms with van der Waals surface area (Å²) < 4.78 is 40.7. The molecule has 0 amide bonds. The monoisotopic (exact) mass is 461 g/mol. The summed E-state index contributed by atoms with van der Waals surface area (Å²) in [4.78, 5) is 22.3. The molecule has 0 spiro atoms. The molecular weight excluding hydrogens is 438 g/mol. The maximum absolute atomic E-state index is 12.1. The molecule has 0 aliphatic heterocycles. The number of carboxylic acid groups (broad SMARTS) is 1. The molecule has 0 aliphatic rings. The van der Waals surface area contributed by atoms with Crippen LogP contribution >= 0.6 is 0 Å². The van der Waals surface area contributed by atoms with Gasteiger partial charge in [0.1, 0.15) is 0 Å². The zero-order valence-electron chi connectivity index (χ0n) is 17.3. The van der Waals surface area contributed by atoms with Gasteiger partial charge in [0.2, 0.25) is 0 Å². The standard InChI is InChI=1S/C22H23F3NO4.K/c23-22(24,25)15-30-21(29)11-10-19(26-13-12-20(27)28)14-16-6-8-18(9-7-16)17-4-2-1-3-5-17;/h1-9,19H,10-15H2,(H,27,28);/q-1;+1. The fraction of sp³-hybridized carbons (Fsp3) is 0.364. The third-order valence-electron chi connectivity index (χ3n) is 4.32. The van der Waals surface area contributed by atoms with Crippen LogP contribution in [-0.4, -0.2) is 42.4 Å². The Morgan fingerprint density at radius 1 is 0.968 bits per heavy atom. The summed E-state index contributed by atoms with van der Waals surface area (Å²) in [5.41, 5.74) is 3.04. The summed E-state index contributed by atoms with van der Waals surface area (Å²) in [7, 11) is 0. The number of ether oxygens (including phenoxy) is 1. The molecule has 0 radical (unpaired) electrons. The molecule has 9 heteroatoms. The molecule has 2 rings (SSSR count). The van der Waals surface area contributed by atoms with Crippen LogP contribution in [0.5, 0.6) is 0 Å². The van der Waals surface area contributed by atoms with Crippen molar-refractivity contribution in [3.05, 3.63) is 65.5 Å². The smallest absolute Gasteiger partial charge is 0.659 e. The Hall–Kier alpha value is -1.23. The SMILES string of the molecule is O=C(O)CC[N-]C(CCC(=O)OCC(F)(F)F)Cc1ccc(-c2ccccc2)cc1.[K+]. The minimum Gasteiger partial charge on any atom is -0.659 e. The zero-order valence-corrected chi connectivity index (χ0v) is 20.4. The molecule has 1 atom stereocenters. The molecule has 0 heterocycles. The molecular formula is C22H23F3KNO4. The van der Waals surface area contributed by atoms with E-state index >= 15 is 0 Å². The van der Waals surface area contributed by atoms with Crippen LogP contribution in [0.3, 0.4) is 0 Å². The number of carbonyl (C=O) groups excluding carboxylic acids is 1. The second kappa shape index (κ2) is 14.0. The van der Waals surface area contributed by atoms with Crippen molar-refractivity contribution in [1.82, 2.24) is 0 Å². The molecule has 2 aromatic carbocycles. The first-order valence-electron chi connectivity index (χ1n) is 9.48. The number of hydrogen-bond acceptors (Lipinski definition) is 3. The van der Waals surface area contributed by atoms with E-state index in [9.17, 15) is 22.8 Å². The Bertz CT molecular complexity index is 814. The van der Waals surface area contributed by atoms with Gasteiger partial charge in [-0.2, -0.15) is 13.2 Å². The van der Waals surface area contributed by atoms with E-state index in [1.165, 1.54) is 0 Å². The van der Waals surface area contributed by atoms with Crippen molar-refractivity contribution in [3.8, 4) is 11.1 Å². The third-order valence-corrected chi connectivity index (χ3v) is 4.32. The van der Waals surface area contributed by atoms with Crippen LogP contribution < -0.4 is 51.4 Å². The summed E-state index contributed by atoms with van der Waals surface area (Å²) >= 11 is 0. The predicted octanol–water partition coefficient (Wildman–Crippen LogP) is 2.00. The second-order valence-electron chi connectivity index (χ2n) is 6.79. The van der Waals surface area contributed by atoms with Crippen molar-refractivity contribution in [1.29, 1.82) is 0 Å². The van der Waals surface area contributed by atoms with Crippen LogP contribution in [-0.2, 0) is 20.7 Å². The van der Waals surface area contributed by atoms with Gasteiger partial charge in [0.05, 0.1) is 0 Å². The molecule has 0 aromatic heterocycles. The van der Waals surface area contributed by atoms with Crippen LogP contribution in [0.2, 0.25) is 0 Å². The van der Waals surface area contributed by atoms with Crippen LogP contribution in [0.25, 0.3) is 16.4 Å². The molecule has 31 heavy (non-hydrogen) atoms. The Balaban J connectivity index is 0.00000480. The molecule has 0 saturated carbocycles. The van der Waals surface area contributed by atoms with Crippen molar-refractivity contribution in [3.63, 3.8) is 0 Å². The maximum atomic E-state index is 12.1. The number of halogens is 3. The number of esters is 1. The van der Waals surface area contributed by atoms with E-state index in [0.29, 0.717) is 6.42 Å². The number of rotatable bonds is 11. The summed E-state index contributed by atoms with van der Waals surface area (Å²) in [6.07, 6.45) is -4.32. The van der Waals surface area contributed by atoms with Gasteiger partial charge in [-0.05, 0) is 23.1 Å². The van der Waals surface area contributed by atoms with Gasteiger partial charge < -0.3 is 15.2 Å². The molecule has 1 unspecified atom stereocenters. The minimum absolute atomic E-state index is 0. The minimum atomic E-state index is -4.57. The maximum Gasteiger partial charge on any atom is 1.00 e. The van der Waals surface area contributed by atoms with Gasteiger partial charge >= 0.3 is 69.5 Å². The van der Waals surface area contributed by atoms with Gasteiger partial charge in [0.15, 0.2) is 6.61 Å². The summed E-state index contributed by atoms with van der Waals surface area (Å²) in [6, 6.07) is 17.2. The number of benzene rings is 2. The van der Waals surface area contributed by atoms with E-state index in [-0.39, 0.29) is 77.2 Å². The number of alkyl halides is 3. The van der Waals surface area contributed by atoms with E-state index in [0.717, 1.165) is 16.7 Å². The topological polar surface area (TPSA) is 77.7 Å². The molecule has 0 saturated heterocycles. The van der Waals surface area contributed by atoms with Crippen molar-refractivity contribution in [2.45, 2.75) is 37.9 Å². The predicted molar refractivity (Wildman–Crippen MR) is 106 cm³/mol. The van der Waals surface area contributed by atoms with Crippen molar-refractivity contribution in [2.75, 3.05) is 13.2 Å². The van der Waals surface area contributed by atoms with Crippen LogP contribution in [0.1, 0.15) is 24.8 Å². The average molecular weight is 462 g/mol. The van der Waals surface area contributed by atoms with E-state index in [4.69, 9.17) is 5.11 Å². The van der Waals surface area contributed by atoms with E-state index in [2.05, 4.69) is 10.1 Å². The van der Waals surface area contributed by atoms with Gasteiger partial charge in [0.25, 0.3) is 0 Å². The number of hydrogen-bond donors (Lipinski definition) is 1. The summed E-state index contributed by atoms with van der Waals surface area (Å²) in [5, 5.41) is 13.1. The Labute approximate surface area is 221 Å². The van der Waals surface area contributed by atoms with E-state index < -0.39 is 30.8 Å². The number of aliphatic carboxylic acids is 1. The number of nitrogens with zero attached hydrogens (tertiary/aromatic N) is 1. The second-order valence-corrected chi connectivity index (χ2v) is 6.79. The zero-order chi connectivity index (χ0) is 22.0. The Morgan fingerprint density at radius 3 is 2.16 bits per heavy atom.